The molecule has 0 spiro atoms. The van der Waals surface area contributed by atoms with Crippen LogP contribution in [-0.4, -0.2) is 39.7 Å². The van der Waals surface area contributed by atoms with Gasteiger partial charge >= 0.3 is 0 Å². The van der Waals surface area contributed by atoms with E-state index in [9.17, 15) is 4.79 Å². The fraction of sp³-hybridized carbons (Fsp3) is 0.333. The highest BCUT2D eigenvalue weighted by Crippen LogP contribution is 2.41. The highest BCUT2D eigenvalue weighted by Gasteiger charge is 2.28. The molecule has 1 aromatic heterocycles. The first-order chi connectivity index (χ1) is 16.2. The van der Waals surface area contributed by atoms with Crippen molar-refractivity contribution in [1.82, 2.24) is 20.6 Å². The lowest BCUT2D eigenvalue weighted by Gasteiger charge is -2.26. The number of ether oxygens (including phenoxy) is 3. The zero-order chi connectivity index (χ0) is 22.9. The molecule has 0 saturated carbocycles. The number of hydrogen-bond acceptors (Lipinski definition) is 7. The molecule has 2 heterocycles. The Morgan fingerprint density at radius 2 is 2.09 bits per heavy atom. The molecule has 1 unspecified atom stereocenters. The van der Waals surface area contributed by atoms with E-state index in [1.54, 1.807) is 42.5 Å². The summed E-state index contributed by atoms with van der Waals surface area (Å²) in [6, 6.07) is 12.3. The van der Waals surface area contributed by atoms with Crippen molar-refractivity contribution < 1.29 is 19.0 Å². The summed E-state index contributed by atoms with van der Waals surface area (Å²) in [5.74, 6) is 1.79. The van der Waals surface area contributed by atoms with Crippen molar-refractivity contribution >= 4 is 11.6 Å². The average molecular weight is 450 g/mol. The zero-order valence-electron chi connectivity index (χ0n) is 18.5. The lowest BCUT2D eigenvalue weighted by Crippen LogP contribution is -2.24. The van der Waals surface area contributed by atoms with Crippen LogP contribution in [0.3, 0.4) is 0 Å². The van der Waals surface area contributed by atoms with E-state index >= 15 is 0 Å². The fourth-order valence-electron chi connectivity index (χ4n) is 3.36. The fourth-order valence-corrected chi connectivity index (χ4v) is 3.36. The van der Waals surface area contributed by atoms with Gasteiger partial charge in [0, 0.05) is 5.56 Å². The van der Waals surface area contributed by atoms with Gasteiger partial charge in [-0.15, -0.1) is 10.2 Å². The molecule has 33 heavy (non-hydrogen) atoms. The summed E-state index contributed by atoms with van der Waals surface area (Å²) >= 11 is 0. The summed E-state index contributed by atoms with van der Waals surface area (Å²) in [7, 11) is 0. The molecule has 1 aliphatic heterocycles. The number of rotatable bonds is 10. The molecule has 1 atom stereocenters. The predicted octanol–water partition coefficient (Wildman–Crippen LogP) is 4.48. The summed E-state index contributed by atoms with van der Waals surface area (Å²) in [6.07, 6.45) is 8.40. The van der Waals surface area contributed by atoms with E-state index in [1.807, 2.05) is 6.08 Å². The van der Waals surface area contributed by atoms with Crippen molar-refractivity contribution in [1.29, 1.82) is 0 Å². The minimum atomic E-state index is -0.522. The smallest absolute Gasteiger partial charge is 0.255 e. The van der Waals surface area contributed by atoms with Crippen LogP contribution in [0, 0.1) is 0 Å². The third-order valence-corrected chi connectivity index (χ3v) is 5.13. The molecule has 172 valence electrons. The van der Waals surface area contributed by atoms with Crippen LogP contribution < -0.4 is 19.5 Å². The van der Waals surface area contributed by atoms with E-state index in [-0.39, 0.29) is 12.5 Å². The Hall–Kier alpha value is -3.88. The molecule has 4 rings (SSSR count). The van der Waals surface area contributed by atoms with E-state index in [4.69, 9.17) is 14.2 Å². The highest BCUT2D eigenvalue weighted by atomic mass is 16.6. The number of anilines is 1. The minimum Gasteiger partial charge on any atom is -0.490 e. The third-order valence-electron chi connectivity index (χ3n) is 5.13. The van der Waals surface area contributed by atoms with Crippen molar-refractivity contribution in [2.75, 3.05) is 18.5 Å². The molecule has 9 nitrogen and oxygen atoms in total. The Morgan fingerprint density at radius 3 is 2.88 bits per heavy atom. The molecule has 1 aliphatic rings. The molecule has 0 fully saturated rings. The number of amides is 1. The normalized spacial score (nSPS) is 14.9. The summed E-state index contributed by atoms with van der Waals surface area (Å²) in [4.78, 5) is 12.8. The lowest BCUT2D eigenvalue weighted by atomic mass is 10.2. The quantitative estimate of drug-likeness (QED) is 0.347. The standard InChI is InChI=1S/C24H27N5O4/c1-2-3-4-5-6-7-15-31-18-13-11-17(12-14-18)24(30)25-19-9-8-10-20-22(19)33-21(16-32-20)23-26-28-29-27-23/h6-14,21H,2-5,15-16H2,1H3,(H,25,30)(H,26,27,28,29)/b7-6+. The van der Waals surface area contributed by atoms with Crippen LogP contribution in [0.15, 0.2) is 54.6 Å². The van der Waals surface area contributed by atoms with E-state index in [2.05, 4.69) is 38.9 Å². The monoisotopic (exact) mass is 449 g/mol. The summed E-state index contributed by atoms with van der Waals surface area (Å²) in [5.41, 5.74) is 1.00. The Kier molecular flexibility index (Phi) is 7.52. The van der Waals surface area contributed by atoms with Crippen molar-refractivity contribution in [3.05, 3.63) is 66.0 Å². The molecule has 9 heteroatoms. The van der Waals surface area contributed by atoms with Crippen molar-refractivity contribution in [2.24, 2.45) is 0 Å². The van der Waals surface area contributed by atoms with Gasteiger partial charge in [0.25, 0.3) is 5.91 Å². The number of aromatic nitrogens is 4. The number of benzene rings is 2. The molecule has 2 aromatic carbocycles. The number of aromatic amines is 1. The molecule has 0 radical (unpaired) electrons. The molecule has 2 N–H and O–H groups in total. The first kappa shape index (κ1) is 22.3. The van der Waals surface area contributed by atoms with Crippen LogP contribution in [0.4, 0.5) is 5.69 Å². The summed E-state index contributed by atoms with van der Waals surface area (Å²) < 4.78 is 17.5. The van der Waals surface area contributed by atoms with Crippen molar-refractivity contribution in [2.45, 2.75) is 38.7 Å². The highest BCUT2D eigenvalue weighted by molar-refractivity contribution is 6.05. The minimum absolute atomic E-state index is 0.249. The van der Waals surface area contributed by atoms with Gasteiger partial charge in [-0.05, 0) is 49.2 Å². The lowest BCUT2D eigenvalue weighted by molar-refractivity contribution is 0.0856. The number of carbonyl (C=O) groups excluding carboxylic acids is 1. The van der Waals surface area contributed by atoms with Crippen LogP contribution in [0.5, 0.6) is 17.2 Å². The van der Waals surface area contributed by atoms with Crippen LogP contribution in [0.1, 0.15) is 54.9 Å². The maximum atomic E-state index is 12.8. The number of allylic oxidation sites excluding steroid dienone is 1. The number of H-pyrrole nitrogens is 1. The molecule has 3 aromatic rings. The van der Waals surface area contributed by atoms with E-state index in [1.165, 1.54) is 19.3 Å². The second kappa shape index (κ2) is 11.1. The number of nitrogens with zero attached hydrogens (tertiary/aromatic N) is 3. The molecule has 0 bridgehead atoms. The third kappa shape index (κ3) is 5.88. The van der Waals surface area contributed by atoms with E-state index < -0.39 is 6.10 Å². The molecular formula is C24H27N5O4. The first-order valence-electron chi connectivity index (χ1n) is 11.1. The van der Waals surface area contributed by atoms with E-state index in [0.29, 0.717) is 40.9 Å². The molecule has 0 saturated heterocycles. The Labute approximate surface area is 192 Å². The van der Waals surface area contributed by atoms with Crippen LogP contribution in [-0.2, 0) is 0 Å². The summed E-state index contributed by atoms with van der Waals surface area (Å²) in [5, 5.41) is 16.7. The van der Waals surface area contributed by atoms with Gasteiger partial charge in [0.05, 0.1) is 5.69 Å². The van der Waals surface area contributed by atoms with Crippen LogP contribution in [0.2, 0.25) is 0 Å². The number of para-hydroxylation sites is 1. The van der Waals surface area contributed by atoms with Gasteiger partial charge in [-0.1, -0.05) is 43.2 Å². The number of nitrogens with one attached hydrogen (secondary N) is 2. The second-order valence-corrected chi connectivity index (χ2v) is 7.58. The maximum Gasteiger partial charge on any atom is 0.255 e. The van der Waals surface area contributed by atoms with Crippen molar-refractivity contribution in [3.63, 3.8) is 0 Å². The molecule has 0 aliphatic carbocycles. The zero-order valence-corrected chi connectivity index (χ0v) is 18.5. The van der Waals surface area contributed by atoms with Gasteiger partial charge in [0.15, 0.2) is 17.6 Å². The number of hydrogen-bond donors (Lipinski definition) is 2. The van der Waals surface area contributed by atoms with Gasteiger partial charge in [-0.25, -0.2) is 0 Å². The van der Waals surface area contributed by atoms with Crippen LogP contribution in [0.25, 0.3) is 0 Å². The molecular weight excluding hydrogens is 422 g/mol. The van der Waals surface area contributed by atoms with Gasteiger partial charge in [0.2, 0.25) is 5.82 Å². The molecule has 1 amide bonds. The number of tetrazole rings is 1. The second-order valence-electron chi connectivity index (χ2n) is 7.58. The maximum absolute atomic E-state index is 12.8. The van der Waals surface area contributed by atoms with Gasteiger partial charge in [-0.2, -0.15) is 5.21 Å². The SMILES string of the molecule is CCCCC/C=C/COc1ccc(C(=O)Nc2cccc3c2OC(c2nn[nH]n2)CO3)cc1. The van der Waals surface area contributed by atoms with Crippen molar-refractivity contribution in [3.8, 4) is 17.2 Å². The Bertz CT molecular complexity index is 1070. The topological polar surface area (TPSA) is 111 Å². The summed E-state index contributed by atoms with van der Waals surface area (Å²) in [6.45, 7) is 2.95. The van der Waals surface area contributed by atoms with Gasteiger partial charge < -0.3 is 19.5 Å². The van der Waals surface area contributed by atoms with Crippen LogP contribution >= 0.6 is 0 Å². The average Bonchev–Trinajstić information content (AvgIpc) is 3.39. The Morgan fingerprint density at radius 1 is 1.21 bits per heavy atom. The first-order valence-corrected chi connectivity index (χ1v) is 11.1. The van der Waals surface area contributed by atoms with E-state index in [0.717, 1.165) is 6.42 Å². The number of fused-ring (bicyclic) bond motifs is 1. The Balaban J connectivity index is 1.34. The number of unbranched alkanes of at least 4 members (excludes halogenated alkanes) is 3. The number of carbonyl (C=O) groups is 1. The predicted molar refractivity (Wildman–Crippen MR) is 123 cm³/mol. The van der Waals surface area contributed by atoms with Gasteiger partial charge in [-0.3, -0.25) is 4.79 Å². The van der Waals surface area contributed by atoms with Gasteiger partial charge in [0.1, 0.15) is 19.0 Å². The largest absolute Gasteiger partial charge is 0.490 e.